The minimum Gasteiger partial charge on any atom is -0.319 e. The molecule has 0 bridgehead atoms. The Hall–Kier alpha value is -3.18. The number of alkyl halides is 3. The van der Waals surface area contributed by atoms with Crippen molar-refractivity contribution in [3.63, 3.8) is 0 Å². The van der Waals surface area contributed by atoms with E-state index < -0.39 is 27.9 Å². The Balaban J connectivity index is 2.27. The van der Waals surface area contributed by atoms with Crippen LogP contribution in [0.5, 0.6) is 0 Å². The van der Waals surface area contributed by atoms with E-state index in [1.54, 1.807) is 25.1 Å². The van der Waals surface area contributed by atoms with Gasteiger partial charge in [0.1, 0.15) is 5.69 Å². The van der Waals surface area contributed by atoms with Gasteiger partial charge < -0.3 is 4.84 Å². The molecule has 0 saturated heterocycles. The lowest BCUT2D eigenvalue weighted by atomic mass is 9.99. The van der Waals surface area contributed by atoms with Crippen LogP contribution in [0.2, 0.25) is 0 Å². The molecule has 0 aliphatic rings. The van der Waals surface area contributed by atoms with Crippen LogP contribution in [0.1, 0.15) is 25.5 Å². The average molecular weight is 453 g/mol. The number of rotatable bonds is 6. The van der Waals surface area contributed by atoms with E-state index in [1.807, 2.05) is 0 Å². The first-order valence-corrected chi connectivity index (χ1v) is 10.7. The van der Waals surface area contributed by atoms with E-state index in [0.717, 1.165) is 12.1 Å². The molecule has 11 heteroatoms. The van der Waals surface area contributed by atoms with Gasteiger partial charge in [0.15, 0.2) is 5.69 Å². The summed E-state index contributed by atoms with van der Waals surface area (Å²) < 4.78 is 65.1. The zero-order valence-corrected chi connectivity index (χ0v) is 17.1. The fraction of sp³-hybridized carbons (Fsp3) is 0.200. The Morgan fingerprint density at radius 1 is 1.06 bits per heavy atom. The summed E-state index contributed by atoms with van der Waals surface area (Å²) in [6.45, 7) is 1.68. The highest BCUT2D eigenvalue weighted by molar-refractivity contribution is 7.89. The van der Waals surface area contributed by atoms with E-state index in [-0.39, 0.29) is 38.5 Å². The molecule has 0 aliphatic carbocycles. The van der Waals surface area contributed by atoms with Crippen molar-refractivity contribution < 1.29 is 31.2 Å². The van der Waals surface area contributed by atoms with E-state index >= 15 is 0 Å². The van der Waals surface area contributed by atoms with Crippen LogP contribution >= 0.6 is 0 Å². The highest BCUT2D eigenvalue weighted by Gasteiger charge is 2.42. The zero-order valence-electron chi connectivity index (χ0n) is 16.3. The summed E-state index contributed by atoms with van der Waals surface area (Å²) in [7, 11) is -3.99. The van der Waals surface area contributed by atoms with Gasteiger partial charge in [0.05, 0.1) is 4.90 Å². The maximum atomic E-state index is 14.0. The summed E-state index contributed by atoms with van der Waals surface area (Å²) in [6, 6.07) is 12.6. The number of benzene rings is 2. The van der Waals surface area contributed by atoms with Gasteiger partial charge in [-0.1, -0.05) is 54.2 Å². The molecule has 0 radical (unpaired) electrons. The zero-order chi connectivity index (χ0) is 22.8. The predicted octanol–water partition coefficient (Wildman–Crippen LogP) is 3.64. The van der Waals surface area contributed by atoms with Gasteiger partial charge in [-0.05, 0) is 24.1 Å². The number of aromatic nitrogens is 2. The van der Waals surface area contributed by atoms with E-state index in [4.69, 9.17) is 9.98 Å². The second kappa shape index (κ2) is 8.52. The van der Waals surface area contributed by atoms with Gasteiger partial charge in [0, 0.05) is 17.5 Å². The molecule has 2 N–H and O–H groups in total. The summed E-state index contributed by atoms with van der Waals surface area (Å²) in [4.78, 5) is 16.8. The SMILES string of the molecule is CCCC(=O)On1nc(-c2ccc(S(N)(=O)=O)cc2)c(-c2ccccc2)c1C(F)(F)F. The van der Waals surface area contributed by atoms with Crippen LogP contribution in [0, 0.1) is 0 Å². The monoisotopic (exact) mass is 453 g/mol. The van der Waals surface area contributed by atoms with Crippen molar-refractivity contribution >= 4 is 16.0 Å². The molecule has 0 fully saturated rings. The molecule has 1 aromatic heterocycles. The lowest BCUT2D eigenvalue weighted by molar-refractivity contribution is -0.162. The van der Waals surface area contributed by atoms with Crippen molar-refractivity contribution in [2.45, 2.75) is 30.8 Å². The highest BCUT2D eigenvalue weighted by Crippen LogP contribution is 2.42. The molecule has 31 heavy (non-hydrogen) atoms. The van der Waals surface area contributed by atoms with Crippen LogP contribution in [-0.4, -0.2) is 24.3 Å². The summed E-state index contributed by atoms with van der Waals surface area (Å²) in [5.74, 6) is -0.869. The minimum atomic E-state index is -4.90. The van der Waals surface area contributed by atoms with Gasteiger partial charge in [-0.2, -0.15) is 13.2 Å². The van der Waals surface area contributed by atoms with Crippen LogP contribution in [-0.2, 0) is 21.0 Å². The summed E-state index contributed by atoms with van der Waals surface area (Å²) in [6.07, 6.45) is -4.60. The van der Waals surface area contributed by atoms with E-state index in [2.05, 4.69) is 5.10 Å². The quantitative estimate of drug-likeness (QED) is 0.614. The normalized spacial score (nSPS) is 12.0. The van der Waals surface area contributed by atoms with E-state index in [9.17, 15) is 26.4 Å². The van der Waals surface area contributed by atoms with Crippen LogP contribution in [0.25, 0.3) is 22.4 Å². The van der Waals surface area contributed by atoms with Crippen molar-refractivity contribution in [1.29, 1.82) is 0 Å². The first kappa shape index (κ1) is 22.5. The standard InChI is InChI=1S/C20H18F3N3O4S/c1-2-6-16(27)30-26-19(20(21,22)23)17(13-7-4-3-5-8-13)18(25-26)14-9-11-15(12-10-14)31(24,28)29/h3-5,7-12H,2,6H2,1H3,(H2,24,28,29). The number of carbonyl (C=O) groups is 1. The fourth-order valence-electron chi connectivity index (χ4n) is 2.94. The summed E-state index contributed by atoms with van der Waals surface area (Å²) in [5.41, 5.74) is -1.32. The largest absolute Gasteiger partial charge is 0.437 e. The van der Waals surface area contributed by atoms with Crippen molar-refractivity contribution in [2.24, 2.45) is 5.14 Å². The Labute approximate surface area is 176 Å². The van der Waals surface area contributed by atoms with Crippen molar-refractivity contribution in [3.05, 3.63) is 60.3 Å². The van der Waals surface area contributed by atoms with Crippen LogP contribution in [0.15, 0.2) is 59.5 Å². The number of carbonyl (C=O) groups excluding carboxylic acids is 1. The molecule has 2 aromatic carbocycles. The lowest BCUT2D eigenvalue weighted by Gasteiger charge is -2.12. The van der Waals surface area contributed by atoms with Crippen LogP contribution in [0.3, 0.4) is 0 Å². The van der Waals surface area contributed by atoms with Gasteiger partial charge in [-0.3, -0.25) is 0 Å². The number of hydrogen-bond acceptors (Lipinski definition) is 5. The van der Waals surface area contributed by atoms with Crippen molar-refractivity contribution in [3.8, 4) is 22.4 Å². The van der Waals surface area contributed by atoms with Crippen molar-refractivity contribution in [2.75, 3.05) is 0 Å². The number of hydrogen-bond donors (Lipinski definition) is 1. The van der Waals surface area contributed by atoms with Gasteiger partial charge in [0.25, 0.3) is 0 Å². The molecule has 7 nitrogen and oxygen atoms in total. The highest BCUT2D eigenvalue weighted by atomic mass is 32.2. The number of sulfonamides is 1. The maximum Gasteiger partial charge on any atom is 0.437 e. The number of nitrogens with zero attached hydrogens (tertiary/aromatic N) is 2. The molecule has 0 unspecified atom stereocenters. The minimum absolute atomic E-state index is 0.0871. The predicted molar refractivity (Wildman–Crippen MR) is 106 cm³/mol. The molecule has 3 rings (SSSR count). The molecule has 0 aliphatic heterocycles. The summed E-state index contributed by atoms with van der Waals surface area (Å²) in [5, 5.41) is 8.99. The van der Waals surface area contributed by atoms with Gasteiger partial charge in [0.2, 0.25) is 10.0 Å². The Bertz CT molecular complexity index is 1190. The van der Waals surface area contributed by atoms with E-state index in [0.29, 0.717) is 6.42 Å². The lowest BCUT2D eigenvalue weighted by Crippen LogP contribution is -2.26. The second-order valence-electron chi connectivity index (χ2n) is 6.59. The van der Waals surface area contributed by atoms with Crippen LogP contribution < -0.4 is 9.98 Å². The first-order valence-electron chi connectivity index (χ1n) is 9.12. The second-order valence-corrected chi connectivity index (χ2v) is 8.15. The molecular weight excluding hydrogens is 435 g/mol. The first-order chi connectivity index (χ1) is 14.5. The fourth-order valence-corrected chi connectivity index (χ4v) is 3.46. The molecule has 0 saturated carbocycles. The summed E-state index contributed by atoms with van der Waals surface area (Å²) >= 11 is 0. The Morgan fingerprint density at radius 2 is 1.68 bits per heavy atom. The third-order valence-corrected chi connectivity index (χ3v) is 5.21. The average Bonchev–Trinajstić information content (AvgIpc) is 3.07. The van der Waals surface area contributed by atoms with Crippen LogP contribution in [0.4, 0.5) is 13.2 Å². The Kier molecular flexibility index (Phi) is 6.18. The third-order valence-electron chi connectivity index (χ3n) is 4.29. The molecule has 3 aromatic rings. The molecule has 1 heterocycles. The third kappa shape index (κ3) is 4.94. The number of primary sulfonamides is 1. The van der Waals surface area contributed by atoms with Gasteiger partial charge >= 0.3 is 12.1 Å². The molecular formula is C20H18F3N3O4S. The van der Waals surface area contributed by atoms with Gasteiger partial charge in [-0.25, -0.2) is 18.4 Å². The molecule has 164 valence electrons. The molecule has 0 amide bonds. The number of halogens is 3. The molecule has 0 spiro atoms. The Morgan fingerprint density at radius 3 is 2.19 bits per heavy atom. The van der Waals surface area contributed by atoms with Crippen molar-refractivity contribution in [1.82, 2.24) is 9.94 Å². The van der Waals surface area contributed by atoms with Gasteiger partial charge in [-0.15, -0.1) is 5.10 Å². The smallest absolute Gasteiger partial charge is 0.319 e. The molecule has 0 atom stereocenters. The van der Waals surface area contributed by atoms with E-state index in [1.165, 1.54) is 24.3 Å². The topological polar surface area (TPSA) is 104 Å². The number of nitrogens with two attached hydrogens (primary N) is 1. The maximum absolute atomic E-state index is 14.0.